The summed E-state index contributed by atoms with van der Waals surface area (Å²) in [6.07, 6.45) is 2.35. The van der Waals surface area contributed by atoms with Crippen molar-refractivity contribution in [2.24, 2.45) is 5.92 Å². The van der Waals surface area contributed by atoms with E-state index in [1.54, 1.807) is 24.3 Å². The number of benzene rings is 1. The van der Waals surface area contributed by atoms with E-state index in [1.165, 1.54) is 12.8 Å². The van der Waals surface area contributed by atoms with Crippen molar-refractivity contribution in [1.82, 2.24) is 10.6 Å². The van der Waals surface area contributed by atoms with E-state index in [0.717, 1.165) is 13.1 Å². The summed E-state index contributed by atoms with van der Waals surface area (Å²) >= 11 is 5.84. The maximum Gasteiger partial charge on any atom is 0.257 e. The molecule has 1 aliphatic heterocycles. The molecule has 1 heterocycles. The summed E-state index contributed by atoms with van der Waals surface area (Å²) in [5, 5.41) is 6.83. The van der Waals surface area contributed by atoms with Gasteiger partial charge in [-0.05, 0) is 50.0 Å². The van der Waals surface area contributed by atoms with Gasteiger partial charge in [0.25, 0.3) is 5.91 Å². The van der Waals surface area contributed by atoms with Crippen LogP contribution in [0.1, 0.15) is 12.8 Å². The number of piperidine rings is 1. The van der Waals surface area contributed by atoms with Gasteiger partial charge in [0.2, 0.25) is 0 Å². The molecule has 1 aromatic rings. The summed E-state index contributed by atoms with van der Waals surface area (Å²) in [5.74, 6) is 1.05. The Balaban J connectivity index is 0.00000200. The Kier molecular flexibility index (Phi) is 7.73. The van der Waals surface area contributed by atoms with Crippen molar-refractivity contribution in [3.05, 3.63) is 29.3 Å². The van der Waals surface area contributed by atoms with E-state index in [2.05, 4.69) is 10.6 Å². The third-order valence-corrected chi connectivity index (χ3v) is 3.39. The number of carbonyl (C=O) groups excluding carboxylic acids is 1. The zero-order valence-electron chi connectivity index (χ0n) is 11.2. The van der Waals surface area contributed by atoms with Crippen molar-refractivity contribution >= 4 is 29.9 Å². The minimum absolute atomic E-state index is 0. The van der Waals surface area contributed by atoms with E-state index in [4.69, 9.17) is 16.3 Å². The number of hydrogen-bond acceptors (Lipinski definition) is 3. The average Bonchev–Trinajstić information content (AvgIpc) is 2.44. The normalized spacial score (nSPS) is 17.9. The van der Waals surface area contributed by atoms with Crippen molar-refractivity contribution in [3.8, 4) is 5.75 Å². The molecule has 1 aliphatic rings. The van der Waals surface area contributed by atoms with Crippen LogP contribution in [0.2, 0.25) is 5.02 Å². The first kappa shape index (κ1) is 17.1. The Morgan fingerprint density at radius 3 is 3.05 bits per heavy atom. The maximum absolute atomic E-state index is 11.7. The Bertz CT molecular complexity index is 423. The van der Waals surface area contributed by atoms with Crippen molar-refractivity contribution in [3.63, 3.8) is 0 Å². The first-order valence-electron chi connectivity index (χ1n) is 6.60. The average molecular weight is 319 g/mol. The molecule has 1 atom stereocenters. The van der Waals surface area contributed by atoms with Gasteiger partial charge < -0.3 is 15.4 Å². The van der Waals surface area contributed by atoms with E-state index in [-0.39, 0.29) is 24.9 Å². The summed E-state index contributed by atoms with van der Waals surface area (Å²) in [6, 6.07) is 7.04. The smallest absolute Gasteiger partial charge is 0.257 e. The highest BCUT2D eigenvalue weighted by molar-refractivity contribution is 6.30. The summed E-state index contributed by atoms with van der Waals surface area (Å²) < 4.78 is 5.38. The number of hydrogen-bond donors (Lipinski definition) is 2. The molecule has 2 N–H and O–H groups in total. The Labute approximate surface area is 130 Å². The molecule has 20 heavy (non-hydrogen) atoms. The van der Waals surface area contributed by atoms with Crippen LogP contribution in [0.15, 0.2) is 24.3 Å². The highest BCUT2D eigenvalue weighted by Crippen LogP contribution is 2.16. The molecule has 0 radical (unpaired) electrons. The number of halogens is 2. The van der Waals surface area contributed by atoms with Crippen LogP contribution in [-0.4, -0.2) is 32.1 Å². The topological polar surface area (TPSA) is 50.4 Å². The lowest BCUT2D eigenvalue weighted by Crippen LogP contribution is -2.39. The predicted molar refractivity (Wildman–Crippen MR) is 82.8 cm³/mol. The van der Waals surface area contributed by atoms with Crippen LogP contribution >= 0.6 is 24.0 Å². The molecule has 1 saturated heterocycles. The predicted octanol–water partition coefficient (Wildman–Crippen LogP) is 2.26. The fraction of sp³-hybridized carbons (Fsp3) is 0.500. The monoisotopic (exact) mass is 318 g/mol. The lowest BCUT2D eigenvalue weighted by Gasteiger charge is -2.22. The van der Waals surface area contributed by atoms with E-state index in [0.29, 0.717) is 23.2 Å². The number of ether oxygens (including phenoxy) is 1. The molecule has 0 aliphatic carbocycles. The molecule has 0 saturated carbocycles. The Morgan fingerprint density at radius 1 is 1.50 bits per heavy atom. The first-order valence-corrected chi connectivity index (χ1v) is 6.97. The second kappa shape index (κ2) is 9.06. The van der Waals surface area contributed by atoms with Gasteiger partial charge in [0.05, 0.1) is 0 Å². The molecule has 1 unspecified atom stereocenters. The van der Waals surface area contributed by atoms with Gasteiger partial charge in [-0.15, -0.1) is 12.4 Å². The second-order valence-electron chi connectivity index (χ2n) is 4.76. The van der Waals surface area contributed by atoms with Gasteiger partial charge in [-0.25, -0.2) is 0 Å². The van der Waals surface area contributed by atoms with Crippen LogP contribution in [0.5, 0.6) is 5.75 Å². The van der Waals surface area contributed by atoms with Gasteiger partial charge in [-0.1, -0.05) is 17.7 Å². The molecule has 1 fully saturated rings. The van der Waals surface area contributed by atoms with E-state index in [9.17, 15) is 4.79 Å². The lowest BCUT2D eigenvalue weighted by atomic mass is 10.00. The zero-order chi connectivity index (χ0) is 13.5. The molecule has 0 aromatic heterocycles. The molecular formula is C14H20Cl2N2O2. The van der Waals surface area contributed by atoms with Crippen LogP contribution < -0.4 is 15.4 Å². The fourth-order valence-corrected chi connectivity index (χ4v) is 2.29. The van der Waals surface area contributed by atoms with Crippen LogP contribution in [0, 0.1) is 5.92 Å². The van der Waals surface area contributed by atoms with E-state index in [1.807, 2.05) is 0 Å². The molecule has 0 spiro atoms. The van der Waals surface area contributed by atoms with E-state index < -0.39 is 0 Å². The summed E-state index contributed by atoms with van der Waals surface area (Å²) in [6.45, 7) is 2.81. The number of carbonyl (C=O) groups is 1. The van der Waals surface area contributed by atoms with Gasteiger partial charge in [-0.2, -0.15) is 0 Å². The molecule has 6 heteroatoms. The summed E-state index contributed by atoms with van der Waals surface area (Å²) in [5.41, 5.74) is 0. The van der Waals surface area contributed by atoms with Crippen LogP contribution in [0.3, 0.4) is 0 Å². The molecule has 0 bridgehead atoms. The number of amides is 1. The number of nitrogens with one attached hydrogen (secondary N) is 2. The quantitative estimate of drug-likeness (QED) is 0.875. The lowest BCUT2D eigenvalue weighted by molar-refractivity contribution is -0.123. The Morgan fingerprint density at radius 2 is 2.35 bits per heavy atom. The Hall–Kier alpha value is -0.970. The fourth-order valence-electron chi connectivity index (χ4n) is 2.11. The van der Waals surface area contributed by atoms with Gasteiger partial charge in [0.15, 0.2) is 6.61 Å². The standard InChI is InChI=1S/C14H19ClN2O2.ClH/c15-12-4-1-5-13(7-12)19-10-14(18)17-9-11-3-2-6-16-8-11;/h1,4-5,7,11,16H,2-3,6,8-10H2,(H,17,18);1H. The molecule has 2 rings (SSSR count). The molecular weight excluding hydrogens is 299 g/mol. The van der Waals surface area contributed by atoms with Gasteiger partial charge in [-0.3, -0.25) is 4.79 Å². The molecule has 112 valence electrons. The van der Waals surface area contributed by atoms with Crippen LogP contribution in [0.4, 0.5) is 0 Å². The largest absolute Gasteiger partial charge is 0.484 e. The highest BCUT2D eigenvalue weighted by Gasteiger charge is 2.13. The zero-order valence-corrected chi connectivity index (χ0v) is 12.8. The molecule has 1 amide bonds. The summed E-state index contributed by atoms with van der Waals surface area (Å²) in [7, 11) is 0. The molecule has 1 aromatic carbocycles. The van der Waals surface area contributed by atoms with Crippen molar-refractivity contribution in [1.29, 1.82) is 0 Å². The molecule has 4 nitrogen and oxygen atoms in total. The van der Waals surface area contributed by atoms with Gasteiger partial charge in [0.1, 0.15) is 5.75 Å². The van der Waals surface area contributed by atoms with Crippen molar-refractivity contribution in [2.75, 3.05) is 26.2 Å². The van der Waals surface area contributed by atoms with Crippen LogP contribution in [0.25, 0.3) is 0 Å². The number of rotatable bonds is 5. The van der Waals surface area contributed by atoms with Crippen molar-refractivity contribution < 1.29 is 9.53 Å². The second-order valence-corrected chi connectivity index (χ2v) is 5.20. The van der Waals surface area contributed by atoms with Gasteiger partial charge in [0, 0.05) is 11.6 Å². The maximum atomic E-state index is 11.7. The SMILES string of the molecule is Cl.O=C(COc1cccc(Cl)c1)NCC1CCCNC1. The first-order chi connectivity index (χ1) is 9.24. The third-order valence-electron chi connectivity index (χ3n) is 3.15. The van der Waals surface area contributed by atoms with Gasteiger partial charge >= 0.3 is 0 Å². The highest BCUT2D eigenvalue weighted by atomic mass is 35.5. The summed E-state index contributed by atoms with van der Waals surface area (Å²) in [4.78, 5) is 11.7. The van der Waals surface area contributed by atoms with E-state index >= 15 is 0 Å². The minimum atomic E-state index is -0.0921. The van der Waals surface area contributed by atoms with Crippen molar-refractivity contribution in [2.45, 2.75) is 12.8 Å². The minimum Gasteiger partial charge on any atom is -0.484 e. The third kappa shape index (κ3) is 5.99. The van der Waals surface area contributed by atoms with Crippen LogP contribution in [-0.2, 0) is 4.79 Å².